The number of hydrogen-bond acceptors (Lipinski definition) is 3. The van der Waals surface area contributed by atoms with Gasteiger partial charge >= 0.3 is 0 Å². The molecule has 1 amide bonds. The molecule has 86 valence electrons. The molecular formula is C10H9F2NO3. The predicted molar refractivity (Wildman–Crippen MR) is 51.1 cm³/mol. The summed E-state index contributed by atoms with van der Waals surface area (Å²) in [6.45, 7) is -0.219. The minimum atomic E-state index is -0.994. The van der Waals surface area contributed by atoms with E-state index in [-0.39, 0.29) is 18.6 Å². The smallest absolute Gasteiger partial charge is 0.220 e. The molecule has 0 aromatic heterocycles. The maximum atomic E-state index is 13.2. The molecule has 0 fully saturated rings. The molecule has 4 nitrogen and oxygen atoms in total. The van der Waals surface area contributed by atoms with Crippen molar-refractivity contribution in [3.05, 3.63) is 29.3 Å². The number of amides is 1. The van der Waals surface area contributed by atoms with E-state index in [9.17, 15) is 18.4 Å². The highest BCUT2D eigenvalue weighted by Crippen LogP contribution is 2.22. The van der Waals surface area contributed by atoms with E-state index in [2.05, 4.69) is 0 Å². The molecule has 1 rings (SSSR count). The van der Waals surface area contributed by atoms with Crippen LogP contribution in [0.4, 0.5) is 8.78 Å². The highest BCUT2D eigenvalue weighted by atomic mass is 19.1. The minimum absolute atomic E-state index is 0.128. The topological polar surface area (TPSA) is 69.4 Å². The SMILES string of the molecule is NC(=O)CCOc1c(F)cc(C=O)cc1F. The van der Waals surface area contributed by atoms with Crippen molar-refractivity contribution in [3.8, 4) is 5.75 Å². The number of hydrogen-bond donors (Lipinski definition) is 1. The van der Waals surface area contributed by atoms with Crippen LogP contribution in [0, 0.1) is 11.6 Å². The number of rotatable bonds is 5. The molecule has 0 aliphatic rings. The highest BCUT2D eigenvalue weighted by Gasteiger charge is 2.12. The lowest BCUT2D eigenvalue weighted by molar-refractivity contribution is -0.118. The largest absolute Gasteiger partial charge is 0.487 e. The molecule has 0 saturated heterocycles. The molecule has 0 aliphatic heterocycles. The van der Waals surface area contributed by atoms with Crippen LogP contribution in [0.1, 0.15) is 16.8 Å². The molecule has 0 saturated carbocycles. The number of aldehydes is 1. The molecule has 0 atom stereocenters. The van der Waals surface area contributed by atoms with Crippen molar-refractivity contribution >= 4 is 12.2 Å². The van der Waals surface area contributed by atoms with Crippen LogP contribution in [0.15, 0.2) is 12.1 Å². The van der Waals surface area contributed by atoms with Crippen molar-refractivity contribution in [1.82, 2.24) is 0 Å². The molecule has 0 bridgehead atoms. The Kier molecular flexibility index (Phi) is 3.93. The number of nitrogens with two attached hydrogens (primary N) is 1. The average Bonchev–Trinajstić information content (AvgIpc) is 2.21. The number of carbonyl (C=O) groups is 2. The summed E-state index contributed by atoms with van der Waals surface area (Å²) < 4.78 is 31.1. The van der Waals surface area contributed by atoms with Gasteiger partial charge in [-0.25, -0.2) is 8.78 Å². The van der Waals surface area contributed by atoms with Gasteiger partial charge in [0.25, 0.3) is 0 Å². The zero-order chi connectivity index (χ0) is 12.1. The fourth-order valence-corrected chi connectivity index (χ4v) is 1.04. The van der Waals surface area contributed by atoms with Gasteiger partial charge in [0, 0.05) is 5.56 Å². The summed E-state index contributed by atoms with van der Waals surface area (Å²) in [7, 11) is 0. The van der Waals surface area contributed by atoms with Crippen LogP contribution in [0.3, 0.4) is 0 Å². The van der Waals surface area contributed by atoms with Crippen molar-refractivity contribution in [1.29, 1.82) is 0 Å². The van der Waals surface area contributed by atoms with Gasteiger partial charge < -0.3 is 10.5 Å². The number of ether oxygens (including phenoxy) is 1. The van der Waals surface area contributed by atoms with Crippen LogP contribution in [-0.2, 0) is 4.79 Å². The third kappa shape index (κ3) is 3.01. The van der Waals surface area contributed by atoms with Crippen LogP contribution < -0.4 is 10.5 Å². The first-order chi connectivity index (χ1) is 7.54. The molecule has 0 aliphatic carbocycles. The van der Waals surface area contributed by atoms with Gasteiger partial charge in [-0.15, -0.1) is 0 Å². The number of carbonyl (C=O) groups excluding carboxylic acids is 2. The van der Waals surface area contributed by atoms with Gasteiger partial charge in [0.2, 0.25) is 5.91 Å². The Balaban J connectivity index is 2.80. The summed E-state index contributed by atoms with van der Waals surface area (Å²) in [5.41, 5.74) is 4.70. The first-order valence-electron chi connectivity index (χ1n) is 4.40. The lowest BCUT2D eigenvalue weighted by Crippen LogP contribution is -2.15. The van der Waals surface area contributed by atoms with Gasteiger partial charge in [0.15, 0.2) is 17.4 Å². The summed E-state index contributed by atoms with van der Waals surface area (Å²) in [4.78, 5) is 20.7. The van der Waals surface area contributed by atoms with Gasteiger partial charge in [-0.2, -0.15) is 0 Å². The van der Waals surface area contributed by atoms with Crippen molar-refractivity contribution in [2.45, 2.75) is 6.42 Å². The fraction of sp³-hybridized carbons (Fsp3) is 0.200. The molecule has 0 spiro atoms. The molecular weight excluding hydrogens is 220 g/mol. The Morgan fingerprint density at radius 2 is 1.94 bits per heavy atom. The molecule has 1 aromatic rings. The van der Waals surface area contributed by atoms with E-state index in [0.29, 0.717) is 6.29 Å². The van der Waals surface area contributed by atoms with Crippen molar-refractivity contribution in [3.63, 3.8) is 0 Å². The van der Waals surface area contributed by atoms with Crippen molar-refractivity contribution < 1.29 is 23.1 Å². The van der Waals surface area contributed by atoms with Gasteiger partial charge in [-0.05, 0) is 12.1 Å². The van der Waals surface area contributed by atoms with Crippen LogP contribution in [0.25, 0.3) is 0 Å². The molecule has 0 radical (unpaired) electrons. The summed E-state index contributed by atoms with van der Waals surface area (Å²) in [5, 5.41) is 0. The van der Waals surface area contributed by atoms with E-state index in [4.69, 9.17) is 10.5 Å². The third-order valence-electron chi connectivity index (χ3n) is 1.75. The monoisotopic (exact) mass is 229 g/mol. The molecule has 16 heavy (non-hydrogen) atoms. The summed E-state index contributed by atoms with van der Waals surface area (Å²) in [5.74, 6) is -3.24. The third-order valence-corrected chi connectivity index (χ3v) is 1.75. The van der Waals surface area contributed by atoms with Gasteiger partial charge in [0.05, 0.1) is 13.0 Å². The molecule has 2 N–H and O–H groups in total. The number of benzene rings is 1. The van der Waals surface area contributed by atoms with Crippen molar-refractivity contribution in [2.75, 3.05) is 6.61 Å². The summed E-state index contributed by atoms with van der Waals surface area (Å²) in [6.07, 6.45) is 0.174. The lowest BCUT2D eigenvalue weighted by Gasteiger charge is -2.07. The molecule has 1 aromatic carbocycles. The molecule has 0 heterocycles. The fourth-order valence-electron chi connectivity index (χ4n) is 1.04. The first-order valence-corrected chi connectivity index (χ1v) is 4.40. The lowest BCUT2D eigenvalue weighted by atomic mass is 10.2. The average molecular weight is 229 g/mol. The second kappa shape index (κ2) is 5.20. The van der Waals surface area contributed by atoms with E-state index in [1.165, 1.54) is 0 Å². The van der Waals surface area contributed by atoms with E-state index in [1.807, 2.05) is 0 Å². The maximum Gasteiger partial charge on any atom is 0.220 e. The highest BCUT2D eigenvalue weighted by molar-refractivity contribution is 5.75. The Bertz CT molecular complexity index is 398. The van der Waals surface area contributed by atoms with Crippen LogP contribution in [-0.4, -0.2) is 18.8 Å². The predicted octanol–water partition coefficient (Wildman–Crippen LogP) is 1.03. The first kappa shape index (κ1) is 12.1. The van der Waals surface area contributed by atoms with E-state index < -0.39 is 23.3 Å². The van der Waals surface area contributed by atoms with Gasteiger partial charge in [-0.3, -0.25) is 9.59 Å². The normalized spacial score (nSPS) is 9.88. The van der Waals surface area contributed by atoms with Crippen LogP contribution in [0.5, 0.6) is 5.75 Å². The summed E-state index contributed by atoms with van der Waals surface area (Å²) in [6, 6.07) is 1.69. The Morgan fingerprint density at radius 1 is 1.38 bits per heavy atom. The number of halogens is 2. The standard InChI is InChI=1S/C10H9F2NO3/c11-7-3-6(5-14)4-8(12)10(7)16-2-1-9(13)15/h3-5H,1-2H2,(H2,13,15). The second-order valence-corrected chi connectivity index (χ2v) is 3.00. The van der Waals surface area contributed by atoms with E-state index >= 15 is 0 Å². The molecule has 6 heteroatoms. The van der Waals surface area contributed by atoms with Gasteiger partial charge in [0.1, 0.15) is 6.29 Å². The van der Waals surface area contributed by atoms with E-state index in [1.54, 1.807) is 0 Å². The molecule has 0 unspecified atom stereocenters. The van der Waals surface area contributed by atoms with Crippen LogP contribution in [0.2, 0.25) is 0 Å². The van der Waals surface area contributed by atoms with Crippen LogP contribution >= 0.6 is 0 Å². The quantitative estimate of drug-likeness (QED) is 0.766. The maximum absolute atomic E-state index is 13.2. The Hall–Kier alpha value is -1.98. The minimum Gasteiger partial charge on any atom is -0.487 e. The Morgan fingerprint density at radius 3 is 2.38 bits per heavy atom. The Labute approximate surface area is 90.0 Å². The summed E-state index contributed by atoms with van der Waals surface area (Å²) >= 11 is 0. The van der Waals surface area contributed by atoms with Gasteiger partial charge in [-0.1, -0.05) is 0 Å². The van der Waals surface area contributed by atoms with E-state index in [0.717, 1.165) is 12.1 Å². The number of primary amides is 1. The zero-order valence-corrected chi connectivity index (χ0v) is 8.20. The zero-order valence-electron chi connectivity index (χ0n) is 8.20. The second-order valence-electron chi connectivity index (χ2n) is 3.00. The van der Waals surface area contributed by atoms with Crippen molar-refractivity contribution in [2.24, 2.45) is 5.73 Å².